The molecular weight excluding hydrogens is 400 g/mol. The lowest BCUT2D eigenvalue weighted by Gasteiger charge is -2.11. The highest BCUT2D eigenvalue weighted by molar-refractivity contribution is 9.11. The van der Waals surface area contributed by atoms with Crippen molar-refractivity contribution in [3.63, 3.8) is 0 Å². The third-order valence-electron chi connectivity index (χ3n) is 3.23. The van der Waals surface area contributed by atoms with Crippen LogP contribution in [0.4, 0.5) is 0 Å². The summed E-state index contributed by atoms with van der Waals surface area (Å²) < 4.78 is 3.86. The molecule has 1 heterocycles. The van der Waals surface area contributed by atoms with Gasteiger partial charge < -0.3 is 5.11 Å². The van der Waals surface area contributed by atoms with Crippen LogP contribution in [0.5, 0.6) is 0 Å². The number of halogens is 2. The highest BCUT2D eigenvalue weighted by Crippen LogP contribution is 2.33. The summed E-state index contributed by atoms with van der Waals surface area (Å²) in [5.41, 5.74) is 2.71. The van der Waals surface area contributed by atoms with Crippen LogP contribution < -0.4 is 0 Å². The Balaban J connectivity index is 2.33. The Morgan fingerprint density at radius 1 is 1.19 bits per heavy atom. The van der Waals surface area contributed by atoms with E-state index >= 15 is 0 Å². The van der Waals surface area contributed by atoms with Crippen molar-refractivity contribution in [1.82, 2.24) is 9.55 Å². The van der Waals surface area contributed by atoms with E-state index in [9.17, 15) is 4.79 Å². The molecule has 21 heavy (non-hydrogen) atoms. The first-order chi connectivity index (χ1) is 9.99. The monoisotopic (exact) mass is 408 g/mol. The van der Waals surface area contributed by atoms with E-state index < -0.39 is 5.97 Å². The SMILES string of the molecule is Cc1nc2cc(C(=O)O)ccc2n1-c1c(Br)cccc1Br. The average Bonchev–Trinajstić information content (AvgIpc) is 2.74. The smallest absolute Gasteiger partial charge is 0.335 e. The Hall–Kier alpha value is -1.66. The Bertz CT molecular complexity index is 851. The van der Waals surface area contributed by atoms with Gasteiger partial charge >= 0.3 is 5.97 Å². The van der Waals surface area contributed by atoms with Gasteiger partial charge in [-0.3, -0.25) is 4.57 Å². The highest BCUT2D eigenvalue weighted by Gasteiger charge is 2.15. The van der Waals surface area contributed by atoms with E-state index in [1.165, 1.54) is 0 Å². The number of aromatic nitrogens is 2. The molecule has 1 aromatic heterocycles. The number of para-hydroxylation sites is 1. The van der Waals surface area contributed by atoms with Gasteiger partial charge in [0.25, 0.3) is 0 Å². The van der Waals surface area contributed by atoms with Gasteiger partial charge in [-0.15, -0.1) is 0 Å². The van der Waals surface area contributed by atoms with E-state index in [1.54, 1.807) is 18.2 Å². The van der Waals surface area contributed by atoms with E-state index in [-0.39, 0.29) is 5.56 Å². The van der Waals surface area contributed by atoms with E-state index in [0.29, 0.717) is 5.52 Å². The second kappa shape index (κ2) is 5.27. The van der Waals surface area contributed by atoms with E-state index in [0.717, 1.165) is 26.0 Å². The third kappa shape index (κ3) is 2.38. The van der Waals surface area contributed by atoms with Crippen molar-refractivity contribution >= 4 is 48.9 Å². The summed E-state index contributed by atoms with van der Waals surface area (Å²) in [5, 5.41) is 9.08. The molecule has 3 aromatic rings. The van der Waals surface area contributed by atoms with Crippen LogP contribution in [0.25, 0.3) is 16.7 Å². The summed E-state index contributed by atoms with van der Waals surface area (Å²) in [6, 6.07) is 10.8. The topological polar surface area (TPSA) is 55.1 Å². The van der Waals surface area contributed by atoms with Gasteiger partial charge in [-0.1, -0.05) is 6.07 Å². The van der Waals surface area contributed by atoms with Crippen LogP contribution >= 0.6 is 31.9 Å². The van der Waals surface area contributed by atoms with E-state index in [2.05, 4.69) is 36.8 Å². The largest absolute Gasteiger partial charge is 0.478 e. The standard InChI is InChI=1S/C15H10Br2N2O2/c1-8-18-12-7-9(15(20)21)5-6-13(12)19(8)14-10(16)3-2-4-11(14)17/h2-7H,1H3,(H,20,21). The number of benzene rings is 2. The molecule has 0 amide bonds. The lowest BCUT2D eigenvalue weighted by atomic mass is 10.2. The van der Waals surface area contributed by atoms with Gasteiger partial charge in [0.2, 0.25) is 0 Å². The molecule has 0 bridgehead atoms. The number of carboxylic acids is 1. The molecule has 4 nitrogen and oxygen atoms in total. The normalized spacial score (nSPS) is 11.0. The predicted octanol–water partition coefficient (Wildman–Crippen LogP) is 4.56. The highest BCUT2D eigenvalue weighted by atomic mass is 79.9. The van der Waals surface area contributed by atoms with Crippen molar-refractivity contribution in [3.05, 3.63) is 56.7 Å². The van der Waals surface area contributed by atoms with E-state index in [1.807, 2.05) is 29.7 Å². The number of aryl methyl sites for hydroxylation is 1. The number of carbonyl (C=O) groups is 1. The van der Waals surface area contributed by atoms with Crippen LogP contribution in [0, 0.1) is 6.92 Å². The molecular formula is C15H10Br2N2O2. The molecule has 0 aliphatic rings. The predicted molar refractivity (Wildman–Crippen MR) is 88.2 cm³/mol. The first-order valence-electron chi connectivity index (χ1n) is 6.16. The maximum Gasteiger partial charge on any atom is 0.335 e. The van der Waals surface area contributed by atoms with Crippen molar-refractivity contribution in [2.24, 2.45) is 0 Å². The van der Waals surface area contributed by atoms with Crippen LogP contribution in [-0.2, 0) is 0 Å². The summed E-state index contributed by atoms with van der Waals surface area (Å²) in [5.74, 6) is -0.161. The van der Waals surface area contributed by atoms with Gasteiger partial charge in [0, 0.05) is 8.95 Å². The van der Waals surface area contributed by atoms with Gasteiger partial charge in [-0.25, -0.2) is 9.78 Å². The number of carboxylic acid groups (broad SMARTS) is 1. The van der Waals surface area contributed by atoms with Crippen LogP contribution in [0.3, 0.4) is 0 Å². The Morgan fingerprint density at radius 3 is 2.48 bits per heavy atom. The molecule has 0 aliphatic heterocycles. The molecule has 0 saturated carbocycles. The summed E-state index contributed by atoms with van der Waals surface area (Å²) in [6.45, 7) is 1.90. The maximum absolute atomic E-state index is 11.1. The van der Waals surface area contributed by atoms with Gasteiger partial charge in [0.05, 0.1) is 22.3 Å². The van der Waals surface area contributed by atoms with Crippen LogP contribution in [0.15, 0.2) is 45.3 Å². The Morgan fingerprint density at radius 2 is 1.86 bits per heavy atom. The number of fused-ring (bicyclic) bond motifs is 1. The van der Waals surface area contributed by atoms with Crippen LogP contribution in [0.1, 0.15) is 16.2 Å². The summed E-state index contributed by atoms with van der Waals surface area (Å²) in [4.78, 5) is 15.5. The molecule has 0 spiro atoms. The van der Waals surface area contributed by atoms with Crippen molar-refractivity contribution < 1.29 is 9.90 Å². The van der Waals surface area contributed by atoms with Gasteiger partial charge in [0.15, 0.2) is 0 Å². The van der Waals surface area contributed by atoms with Gasteiger partial charge in [-0.2, -0.15) is 0 Å². The summed E-state index contributed by atoms with van der Waals surface area (Å²) in [6.07, 6.45) is 0. The lowest BCUT2D eigenvalue weighted by Crippen LogP contribution is -2.00. The van der Waals surface area contributed by atoms with Crippen molar-refractivity contribution in [1.29, 1.82) is 0 Å². The van der Waals surface area contributed by atoms with E-state index in [4.69, 9.17) is 5.11 Å². The molecule has 6 heteroatoms. The second-order valence-corrected chi connectivity index (χ2v) is 6.28. The molecule has 106 valence electrons. The fraction of sp³-hybridized carbons (Fsp3) is 0.0667. The average molecular weight is 410 g/mol. The summed E-state index contributed by atoms with van der Waals surface area (Å²) >= 11 is 7.11. The minimum absolute atomic E-state index is 0.235. The molecule has 3 rings (SSSR count). The summed E-state index contributed by atoms with van der Waals surface area (Å²) in [7, 11) is 0. The number of hydrogen-bond donors (Lipinski definition) is 1. The minimum Gasteiger partial charge on any atom is -0.478 e. The fourth-order valence-electron chi connectivity index (χ4n) is 2.32. The Labute approximate surface area is 137 Å². The molecule has 0 unspecified atom stereocenters. The molecule has 0 aliphatic carbocycles. The minimum atomic E-state index is -0.953. The number of aromatic carboxylic acids is 1. The van der Waals surface area contributed by atoms with Gasteiger partial charge in [0.1, 0.15) is 5.82 Å². The number of rotatable bonds is 2. The lowest BCUT2D eigenvalue weighted by molar-refractivity contribution is 0.0697. The molecule has 2 aromatic carbocycles. The number of hydrogen-bond acceptors (Lipinski definition) is 2. The zero-order chi connectivity index (χ0) is 15.1. The zero-order valence-electron chi connectivity index (χ0n) is 11.0. The first-order valence-corrected chi connectivity index (χ1v) is 7.74. The molecule has 0 radical (unpaired) electrons. The zero-order valence-corrected chi connectivity index (χ0v) is 14.1. The van der Waals surface area contributed by atoms with Gasteiger partial charge in [-0.05, 0) is 69.1 Å². The molecule has 1 N–H and O–H groups in total. The third-order valence-corrected chi connectivity index (χ3v) is 4.51. The fourth-order valence-corrected chi connectivity index (χ4v) is 3.67. The Kier molecular flexibility index (Phi) is 3.59. The number of nitrogens with zero attached hydrogens (tertiary/aromatic N) is 2. The molecule has 0 atom stereocenters. The first kappa shape index (κ1) is 14.3. The quantitative estimate of drug-likeness (QED) is 0.675. The molecule has 0 fully saturated rings. The number of imidazole rings is 1. The second-order valence-electron chi connectivity index (χ2n) is 4.57. The van der Waals surface area contributed by atoms with Crippen molar-refractivity contribution in [3.8, 4) is 5.69 Å². The maximum atomic E-state index is 11.1. The molecule has 0 saturated heterocycles. The van der Waals surface area contributed by atoms with Crippen molar-refractivity contribution in [2.75, 3.05) is 0 Å². The van der Waals surface area contributed by atoms with Crippen LogP contribution in [-0.4, -0.2) is 20.6 Å². The van der Waals surface area contributed by atoms with Crippen LogP contribution in [0.2, 0.25) is 0 Å². The van der Waals surface area contributed by atoms with Crippen molar-refractivity contribution in [2.45, 2.75) is 6.92 Å².